The van der Waals surface area contributed by atoms with Crippen LogP contribution in [0.15, 0.2) is 16.8 Å². The van der Waals surface area contributed by atoms with Crippen LogP contribution in [0, 0.1) is 17.8 Å². The van der Waals surface area contributed by atoms with Gasteiger partial charge in [0, 0.05) is 18.9 Å². The Morgan fingerprint density at radius 3 is 2.90 bits per heavy atom. The maximum absolute atomic E-state index is 6.67. The van der Waals surface area contributed by atoms with Crippen molar-refractivity contribution in [1.82, 2.24) is 0 Å². The van der Waals surface area contributed by atoms with Crippen molar-refractivity contribution in [3.63, 3.8) is 0 Å². The molecule has 0 unspecified atom stereocenters. The molecule has 0 saturated carbocycles. The SMILES string of the molecule is C#CC(=C/C)/N=C\CC=N. The Labute approximate surface area is 61.2 Å². The fraction of sp³-hybridized carbons (Fsp3) is 0.250. The fourth-order valence-corrected chi connectivity index (χ4v) is 0.399. The summed E-state index contributed by atoms with van der Waals surface area (Å²) in [6.45, 7) is 1.83. The molecule has 0 saturated heterocycles. The first-order valence-corrected chi connectivity index (χ1v) is 2.99. The third kappa shape index (κ3) is 3.62. The summed E-state index contributed by atoms with van der Waals surface area (Å²) in [4.78, 5) is 3.90. The highest BCUT2D eigenvalue weighted by Gasteiger charge is 1.79. The quantitative estimate of drug-likeness (QED) is 0.450. The third-order valence-electron chi connectivity index (χ3n) is 0.875. The maximum Gasteiger partial charge on any atom is 0.108 e. The monoisotopic (exact) mass is 134 g/mol. The van der Waals surface area contributed by atoms with Gasteiger partial charge in [-0.3, -0.25) is 4.99 Å². The van der Waals surface area contributed by atoms with Crippen molar-refractivity contribution in [1.29, 1.82) is 5.41 Å². The van der Waals surface area contributed by atoms with Crippen LogP contribution in [0.1, 0.15) is 13.3 Å². The fourth-order valence-electron chi connectivity index (χ4n) is 0.399. The summed E-state index contributed by atoms with van der Waals surface area (Å²) < 4.78 is 0. The standard InChI is InChI=1S/C8H10N2/c1-3-8(4-2)10-7-5-6-9/h1,4,6-7,9H,5H2,2H3/b8-4-,9-6?,10-7-. The summed E-state index contributed by atoms with van der Waals surface area (Å²) in [5, 5.41) is 6.67. The van der Waals surface area contributed by atoms with Gasteiger partial charge in [0.05, 0.1) is 0 Å². The molecular formula is C8H10N2. The van der Waals surface area contributed by atoms with Gasteiger partial charge < -0.3 is 5.41 Å². The number of rotatable bonds is 3. The summed E-state index contributed by atoms with van der Waals surface area (Å²) in [7, 11) is 0. The molecule has 0 aromatic carbocycles. The smallest absolute Gasteiger partial charge is 0.108 e. The van der Waals surface area contributed by atoms with Gasteiger partial charge in [-0.15, -0.1) is 6.42 Å². The summed E-state index contributed by atoms with van der Waals surface area (Å²) in [5.41, 5.74) is 0.613. The third-order valence-corrected chi connectivity index (χ3v) is 0.875. The Kier molecular flexibility index (Phi) is 4.99. The Hall–Kier alpha value is -1.36. The van der Waals surface area contributed by atoms with Crippen LogP contribution in [0.3, 0.4) is 0 Å². The predicted molar refractivity (Wildman–Crippen MR) is 44.5 cm³/mol. The molecule has 0 fully saturated rings. The van der Waals surface area contributed by atoms with E-state index in [9.17, 15) is 0 Å². The van der Waals surface area contributed by atoms with Crippen LogP contribution in [0.2, 0.25) is 0 Å². The van der Waals surface area contributed by atoms with Gasteiger partial charge in [0.15, 0.2) is 0 Å². The van der Waals surface area contributed by atoms with Crippen molar-refractivity contribution < 1.29 is 0 Å². The predicted octanol–water partition coefficient (Wildman–Crippen LogP) is 1.63. The van der Waals surface area contributed by atoms with E-state index in [0.717, 1.165) is 0 Å². The molecule has 52 valence electrons. The zero-order chi connectivity index (χ0) is 7.82. The first-order chi connectivity index (χ1) is 4.85. The molecule has 1 N–H and O–H groups in total. The van der Waals surface area contributed by atoms with Crippen molar-refractivity contribution in [3.8, 4) is 12.3 Å². The highest BCUT2D eigenvalue weighted by Crippen LogP contribution is 1.90. The Bertz CT molecular complexity index is 194. The summed E-state index contributed by atoms with van der Waals surface area (Å²) in [5.74, 6) is 2.40. The van der Waals surface area contributed by atoms with Gasteiger partial charge in [0.1, 0.15) is 5.70 Å². The Morgan fingerprint density at radius 2 is 2.50 bits per heavy atom. The van der Waals surface area contributed by atoms with Gasteiger partial charge in [-0.25, -0.2) is 0 Å². The molecule has 2 heteroatoms. The van der Waals surface area contributed by atoms with E-state index in [4.69, 9.17) is 11.8 Å². The van der Waals surface area contributed by atoms with Crippen molar-refractivity contribution in [2.75, 3.05) is 0 Å². The summed E-state index contributed by atoms with van der Waals surface area (Å²) in [6, 6.07) is 0. The molecule has 0 aliphatic heterocycles. The molecule has 0 aliphatic rings. The molecule has 0 bridgehead atoms. The van der Waals surface area contributed by atoms with E-state index in [-0.39, 0.29) is 0 Å². The highest BCUT2D eigenvalue weighted by atomic mass is 14.7. The number of terminal acetylenes is 1. The number of allylic oxidation sites excluding steroid dienone is 2. The summed E-state index contributed by atoms with van der Waals surface area (Å²) in [6.07, 6.45) is 10.3. The van der Waals surface area contributed by atoms with E-state index < -0.39 is 0 Å². The second-order valence-corrected chi connectivity index (χ2v) is 1.57. The minimum absolute atomic E-state index is 0.541. The second kappa shape index (κ2) is 5.77. The number of hydrogen-bond donors (Lipinski definition) is 1. The maximum atomic E-state index is 6.67. The second-order valence-electron chi connectivity index (χ2n) is 1.57. The number of hydrogen-bond acceptors (Lipinski definition) is 2. The topological polar surface area (TPSA) is 36.2 Å². The van der Waals surface area contributed by atoms with Crippen LogP contribution in [-0.4, -0.2) is 12.4 Å². The Morgan fingerprint density at radius 1 is 1.80 bits per heavy atom. The lowest BCUT2D eigenvalue weighted by Gasteiger charge is -1.84. The minimum Gasteiger partial charge on any atom is -0.313 e. The van der Waals surface area contributed by atoms with Gasteiger partial charge in [0.2, 0.25) is 0 Å². The molecular weight excluding hydrogens is 124 g/mol. The average Bonchev–Trinajstić information content (AvgIpc) is 1.99. The van der Waals surface area contributed by atoms with Crippen molar-refractivity contribution >= 4 is 12.4 Å². The first-order valence-electron chi connectivity index (χ1n) is 2.99. The molecule has 0 radical (unpaired) electrons. The molecule has 0 heterocycles. The van der Waals surface area contributed by atoms with E-state index in [1.54, 1.807) is 12.3 Å². The van der Waals surface area contributed by atoms with Crippen LogP contribution < -0.4 is 0 Å². The van der Waals surface area contributed by atoms with Crippen LogP contribution in [0.5, 0.6) is 0 Å². The van der Waals surface area contributed by atoms with Gasteiger partial charge in [-0.05, 0) is 6.92 Å². The van der Waals surface area contributed by atoms with Crippen molar-refractivity contribution in [2.24, 2.45) is 4.99 Å². The largest absolute Gasteiger partial charge is 0.313 e. The van der Waals surface area contributed by atoms with Crippen molar-refractivity contribution in [3.05, 3.63) is 11.8 Å². The molecule has 0 amide bonds. The first kappa shape index (κ1) is 8.64. The average molecular weight is 134 g/mol. The lowest BCUT2D eigenvalue weighted by molar-refractivity contribution is 1.40. The molecule has 0 aliphatic carbocycles. The van der Waals surface area contributed by atoms with Gasteiger partial charge in [-0.2, -0.15) is 0 Å². The molecule has 0 spiro atoms. The lowest BCUT2D eigenvalue weighted by Crippen LogP contribution is -1.77. The van der Waals surface area contributed by atoms with E-state index in [2.05, 4.69) is 10.9 Å². The molecule has 0 rings (SSSR count). The molecule has 10 heavy (non-hydrogen) atoms. The zero-order valence-electron chi connectivity index (χ0n) is 5.96. The summed E-state index contributed by atoms with van der Waals surface area (Å²) >= 11 is 0. The number of nitrogens with zero attached hydrogens (tertiary/aromatic N) is 1. The van der Waals surface area contributed by atoms with E-state index in [1.165, 1.54) is 6.21 Å². The van der Waals surface area contributed by atoms with Gasteiger partial charge in [-0.1, -0.05) is 12.0 Å². The molecule has 0 aromatic heterocycles. The van der Waals surface area contributed by atoms with E-state index in [0.29, 0.717) is 12.1 Å². The van der Waals surface area contributed by atoms with E-state index >= 15 is 0 Å². The molecule has 0 atom stereocenters. The number of aliphatic imine (C=N–C) groups is 1. The molecule has 2 nitrogen and oxygen atoms in total. The van der Waals surface area contributed by atoms with Crippen LogP contribution in [0.4, 0.5) is 0 Å². The van der Waals surface area contributed by atoms with E-state index in [1.807, 2.05) is 6.92 Å². The lowest BCUT2D eigenvalue weighted by atomic mass is 10.4. The Balaban J connectivity index is 3.89. The van der Waals surface area contributed by atoms with Gasteiger partial charge in [0.25, 0.3) is 0 Å². The highest BCUT2D eigenvalue weighted by molar-refractivity contribution is 5.78. The zero-order valence-corrected chi connectivity index (χ0v) is 5.96. The van der Waals surface area contributed by atoms with Gasteiger partial charge >= 0.3 is 0 Å². The molecule has 0 aromatic rings. The van der Waals surface area contributed by atoms with Crippen molar-refractivity contribution in [2.45, 2.75) is 13.3 Å². The minimum atomic E-state index is 0.541. The van der Waals surface area contributed by atoms with Crippen LogP contribution in [0.25, 0.3) is 0 Å². The number of nitrogens with one attached hydrogen (secondary N) is 1. The van der Waals surface area contributed by atoms with Crippen LogP contribution >= 0.6 is 0 Å². The normalized spacial score (nSPS) is 11.4. The van der Waals surface area contributed by atoms with Crippen LogP contribution in [-0.2, 0) is 0 Å².